The number of nitrogens with zero attached hydrogens (tertiary/aromatic N) is 2. The van der Waals surface area contributed by atoms with Crippen LogP contribution in [0.2, 0.25) is 0 Å². The summed E-state index contributed by atoms with van der Waals surface area (Å²) in [4.78, 5) is 15.1. The Labute approximate surface area is 273 Å². The molecule has 13 heteroatoms. The van der Waals surface area contributed by atoms with Crippen LogP contribution < -0.4 is 25.8 Å². The average molecular weight is 660 g/mol. The van der Waals surface area contributed by atoms with Crippen LogP contribution in [0, 0.1) is 17.8 Å². The number of rotatable bonds is 15. The van der Waals surface area contributed by atoms with Crippen LogP contribution in [0.3, 0.4) is 0 Å². The van der Waals surface area contributed by atoms with Crippen LogP contribution in [-0.2, 0) is 16.0 Å². The molecule has 0 aliphatic carbocycles. The number of benzene rings is 2. The maximum Gasteiger partial charge on any atom is 0.406 e. The summed E-state index contributed by atoms with van der Waals surface area (Å²) in [7, 11) is 5.11. The van der Waals surface area contributed by atoms with Crippen LogP contribution in [0.5, 0.6) is 11.5 Å². The minimum Gasteiger partial charge on any atom is -0.496 e. The third kappa shape index (κ3) is 10.4. The topological polar surface area (TPSA) is 112 Å². The number of hydrogen-bond acceptors (Lipinski definition) is 8. The highest BCUT2D eigenvalue weighted by atomic mass is 19.4. The number of amides is 1. The van der Waals surface area contributed by atoms with E-state index in [0.717, 1.165) is 17.5 Å². The molecule has 10 nitrogen and oxygen atoms in total. The largest absolute Gasteiger partial charge is 0.496 e. The SMILES string of the molecule is CNC(=O)c1c(OC)cc(NCC#Cc2cc3c(N)cccc3n2CC(F)(F)F)cc1OCCOCCOCC[C@@H]1CCCN(C)C1. The second kappa shape index (κ2) is 17.2. The number of methoxy groups -OCH3 is 1. The van der Waals surface area contributed by atoms with Gasteiger partial charge >= 0.3 is 6.18 Å². The lowest BCUT2D eigenvalue weighted by Crippen LogP contribution is -2.32. The first-order valence-electron chi connectivity index (χ1n) is 15.7. The molecule has 1 aromatic heterocycles. The van der Waals surface area contributed by atoms with Crippen molar-refractivity contribution in [3.8, 4) is 23.3 Å². The zero-order chi connectivity index (χ0) is 33.8. The van der Waals surface area contributed by atoms with E-state index in [0.29, 0.717) is 48.0 Å². The van der Waals surface area contributed by atoms with Gasteiger partial charge in [-0.1, -0.05) is 12.0 Å². The summed E-state index contributed by atoms with van der Waals surface area (Å²) in [6, 6.07) is 9.65. The molecular weight excluding hydrogens is 615 g/mol. The molecule has 1 saturated heterocycles. The average Bonchev–Trinajstić information content (AvgIpc) is 3.38. The molecule has 1 aliphatic heterocycles. The fourth-order valence-corrected chi connectivity index (χ4v) is 5.65. The Balaban J connectivity index is 1.33. The lowest BCUT2D eigenvalue weighted by molar-refractivity contribution is -0.140. The highest BCUT2D eigenvalue weighted by molar-refractivity contribution is 6.00. The second-order valence-electron chi connectivity index (χ2n) is 11.4. The molecule has 4 N–H and O–H groups in total. The fraction of sp³-hybridized carbons (Fsp3) is 0.500. The van der Waals surface area contributed by atoms with Gasteiger partial charge in [-0.15, -0.1) is 0 Å². The predicted molar refractivity (Wildman–Crippen MR) is 176 cm³/mol. The number of nitrogen functional groups attached to an aromatic ring is 1. The number of carbonyl (C=O) groups excluding carboxylic acids is 1. The number of piperidine rings is 1. The number of fused-ring (bicyclic) bond motifs is 1. The molecule has 0 spiro atoms. The fourth-order valence-electron chi connectivity index (χ4n) is 5.65. The molecule has 3 aromatic rings. The Morgan fingerprint density at radius 1 is 1.09 bits per heavy atom. The lowest BCUT2D eigenvalue weighted by atomic mass is 9.96. The van der Waals surface area contributed by atoms with Crippen molar-refractivity contribution in [1.82, 2.24) is 14.8 Å². The minimum atomic E-state index is -4.44. The number of aromatic nitrogens is 1. The van der Waals surface area contributed by atoms with Gasteiger partial charge in [-0.05, 0) is 62.9 Å². The van der Waals surface area contributed by atoms with E-state index in [2.05, 4.69) is 34.4 Å². The normalized spacial score (nSPS) is 15.2. The number of ether oxygens (including phenoxy) is 4. The zero-order valence-electron chi connectivity index (χ0n) is 27.2. The molecule has 1 fully saturated rings. The van der Waals surface area contributed by atoms with Gasteiger partial charge in [-0.25, -0.2) is 0 Å². The first kappa shape index (κ1) is 35.7. The predicted octanol–water partition coefficient (Wildman–Crippen LogP) is 4.76. The van der Waals surface area contributed by atoms with Crippen LogP contribution >= 0.6 is 0 Å². The van der Waals surface area contributed by atoms with Crippen molar-refractivity contribution in [1.29, 1.82) is 0 Å². The molecule has 0 saturated carbocycles. The molecule has 2 aromatic carbocycles. The van der Waals surface area contributed by atoms with Crippen LogP contribution in [0.25, 0.3) is 10.9 Å². The van der Waals surface area contributed by atoms with E-state index in [9.17, 15) is 18.0 Å². The van der Waals surface area contributed by atoms with Gasteiger partial charge in [0.05, 0.1) is 44.7 Å². The number of alkyl halides is 3. The summed E-state index contributed by atoms with van der Waals surface area (Å²) < 4.78 is 64.0. The van der Waals surface area contributed by atoms with Crippen LogP contribution in [0.15, 0.2) is 36.4 Å². The standard InChI is InChI=1S/C34H44F3N5O5/c1-39-33(43)32-30(44-3)19-25(20-31(32)47-18-17-46-16-15-45-14-11-24-7-6-13-41(2)22-24)40-12-5-8-26-21-27-28(38)9-4-10-29(27)42(26)23-34(35,36)37/h4,9-10,19-21,24,40H,6-7,11-18,22-23,38H2,1-3H3,(H,39,43)/t24-/m0/s1. The van der Waals surface area contributed by atoms with Gasteiger partial charge in [-0.3, -0.25) is 4.79 Å². The maximum atomic E-state index is 13.3. The van der Waals surface area contributed by atoms with E-state index in [1.54, 1.807) is 36.4 Å². The molecule has 1 amide bonds. The number of nitrogens with two attached hydrogens (primary N) is 1. The summed E-state index contributed by atoms with van der Waals surface area (Å²) in [5.41, 5.74) is 7.68. The summed E-state index contributed by atoms with van der Waals surface area (Å²) in [5.74, 6) is 6.55. The van der Waals surface area contributed by atoms with E-state index in [1.165, 1.54) is 33.5 Å². The molecule has 4 rings (SSSR count). The number of carbonyl (C=O) groups is 1. The molecule has 0 unspecified atom stereocenters. The summed E-state index contributed by atoms with van der Waals surface area (Å²) >= 11 is 0. The van der Waals surface area contributed by atoms with E-state index >= 15 is 0 Å². The van der Waals surface area contributed by atoms with E-state index in [1.807, 2.05) is 0 Å². The Hall–Kier alpha value is -4.12. The smallest absolute Gasteiger partial charge is 0.406 e. The Morgan fingerprint density at radius 3 is 2.55 bits per heavy atom. The van der Waals surface area contributed by atoms with Gasteiger partial charge in [0.25, 0.3) is 5.91 Å². The minimum absolute atomic E-state index is 0.0888. The van der Waals surface area contributed by atoms with Gasteiger partial charge in [-0.2, -0.15) is 13.2 Å². The van der Waals surface area contributed by atoms with Crippen LogP contribution in [0.1, 0.15) is 35.3 Å². The van der Waals surface area contributed by atoms with Crippen LogP contribution in [-0.4, -0.2) is 95.4 Å². The van der Waals surface area contributed by atoms with Crippen LogP contribution in [0.4, 0.5) is 24.5 Å². The van der Waals surface area contributed by atoms with Gasteiger partial charge in [0.1, 0.15) is 30.2 Å². The highest BCUT2D eigenvalue weighted by Gasteiger charge is 2.30. The third-order valence-corrected chi connectivity index (χ3v) is 7.90. The van der Waals surface area contributed by atoms with Gasteiger partial charge in [0.15, 0.2) is 0 Å². The monoisotopic (exact) mass is 659 g/mol. The maximum absolute atomic E-state index is 13.3. The van der Waals surface area contributed by atoms with Crippen molar-refractivity contribution in [2.24, 2.45) is 5.92 Å². The first-order valence-corrected chi connectivity index (χ1v) is 15.7. The molecule has 2 heterocycles. The molecule has 47 heavy (non-hydrogen) atoms. The van der Waals surface area contributed by atoms with Gasteiger partial charge < -0.3 is 44.8 Å². The number of nitrogens with one attached hydrogen (secondary N) is 2. The van der Waals surface area contributed by atoms with Crippen molar-refractivity contribution in [3.05, 3.63) is 47.7 Å². The molecule has 256 valence electrons. The van der Waals surface area contributed by atoms with Crippen molar-refractivity contribution < 1.29 is 36.9 Å². The molecule has 0 bridgehead atoms. The first-order chi connectivity index (χ1) is 22.6. The van der Waals surface area contributed by atoms with E-state index < -0.39 is 18.6 Å². The zero-order valence-corrected chi connectivity index (χ0v) is 27.2. The third-order valence-electron chi connectivity index (χ3n) is 7.90. The molecule has 1 atom stereocenters. The number of hydrogen-bond donors (Lipinski definition) is 3. The van der Waals surface area contributed by atoms with Crippen molar-refractivity contribution in [2.75, 3.05) is 84.9 Å². The number of likely N-dealkylation sites (tertiary alicyclic amines) is 1. The van der Waals surface area contributed by atoms with E-state index in [-0.39, 0.29) is 42.5 Å². The highest BCUT2D eigenvalue weighted by Crippen LogP contribution is 2.33. The quantitative estimate of drug-likeness (QED) is 0.122. The summed E-state index contributed by atoms with van der Waals surface area (Å²) in [6.45, 7) is 3.28. The van der Waals surface area contributed by atoms with Crippen molar-refractivity contribution >= 4 is 28.2 Å². The number of halogens is 3. The van der Waals surface area contributed by atoms with Crippen molar-refractivity contribution in [2.45, 2.75) is 32.0 Å². The summed E-state index contributed by atoms with van der Waals surface area (Å²) in [5, 5.41) is 6.21. The molecule has 1 aliphatic rings. The molecule has 0 radical (unpaired) electrons. The Kier molecular flexibility index (Phi) is 13.0. The second-order valence-corrected chi connectivity index (χ2v) is 11.4. The lowest BCUT2D eigenvalue weighted by Gasteiger charge is -2.29. The van der Waals surface area contributed by atoms with Gasteiger partial charge in [0.2, 0.25) is 0 Å². The molecular formula is C34H44F3N5O5. The van der Waals surface area contributed by atoms with Gasteiger partial charge in [0, 0.05) is 49.1 Å². The Morgan fingerprint density at radius 2 is 1.83 bits per heavy atom. The van der Waals surface area contributed by atoms with E-state index in [4.69, 9.17) is 24.7 Å². The van der Waals surface area contributed by atoms with Crippen molar-refractivity contribution in [3.63, 3.8) is 0 Å². The number of anilines is 2. The summed E-state index contributed by atoms with van der Waals surface area (Å²) in [6.07, 6.45) is -0.898. The Bertz CT molecular complexity index is 1550.